The highest BCUT2D eigenvalue weighted by molar-refractivity contribution is 5.87. The van der Waals surface area contributed by atoms with Crippen molar-refractivity contribution in [2.75, 3.05) is 34.5 Å². The smallest absolute Gasteiger partial charge is 0.331 e. The van der Waals surface area contributed by atoms with Crippen molar-refractivity contribution in [1.82, 2.24) is 0 Å². The number of fused-ring (bicyclic) bond motifs is 1. The van der Waals surface area contributed by atoms with Crippen molar-refractivity contribution in [3.05, 3.63) is 71.0 Å². The zero-order valence-corrected chi connectivity index (χ0v) is 31.6. The van der Waals surface area contributed by atoms with Crippen LogP contribution in [-0.4, -0.2) is 153 Å². The Morgan fingerprint density at radius 1 is 0.746 bits per heavy atom. The highest BCUT2D eigenvalue weighted by atomic mass is 16.7. The highest BCUT2D eigenvalue weighted by Crippen LogP contribution is 2.46. The molecule has 3 aromatic rings. The zero-order valence-electron chi connectivity index (χ0n) is 31.6. The number of hydrogen-bond acceptors (Lipinski definition) is 20. The Labute approximate surface area is 335 Å². The Morgan fingerprint density at radius 3 is 2.07 bits per heavy atom. The molecule has 2 fully saturated rings. The first kappa shape index (κ1) is 43.0. The molecule has 3 aliphatic rings. The van der Waals surface area contributed by atoms with Crippen molar-refractivity contribution in [2.45, 2.75) is 67.5 Å². The van der Waals surface area contributed by atoms with E-state index in [1.54, 1.807) is 0 Å². The number of aliphatic hydroxyl groups is 6. The number of carbonyl (C=O) groups excluding carboxylic acids is 1. The molecule has 1 unspecified atom stereocenters. The van der Waals surface area contributed by atoms with Gasteiger partial charge >= 0.3 is 5.97 Å². The summed E-state index contributed by atoms with van der Waals surface area (Å²) in [7, 11) is 3.94. The Morgan fingerprint density at radius 2 is 1.41 bits per heavy atom. The van der Waals surface area contributed by atoms with Gasteiger partial charge in [0.15, 0.2) is 41.5 Å². The molecule has 11 atom stereocenters. The van der Waals surface area contributed by atoms with Gasteiger partial charge in [0, 0.05) is 23.8 Å². The van der Waals surface area contributed by atoms with E-state index in [-0.39, 0.29) is 51.6 Å². The second-order valence-corrected chi connectivity index (χ2v) is 13.5. The third-order valence-electron chi connectivity index (χ3n) is 9.73. The maximum absolute atomic E-state index is 13.2. The molecule has 3 aromatic carbocycles. The number of esters is 1. The molecule has 0 radical (unpaired) electrons. The van der Waals surface area contributed by atoms with E-state index < -0.39 is 92.4 Å². The largest absolute Gasteiger partial charge is 0.508 e. The normalized spacial score (nSPS) is 29.2. The van der Waals surface area contributed by atoms with Crippen molar-refractivity contribution < 1.29 is 98.5 Å². The molecule has 20 nitrogen and oxygen atoms in total. The van der Waals surface area contributed by atoms with Gasteiger partial charge < -0.3 is 93.7 Å². The predicted molar refractivity (Wildman–Crippen MR) is 197 cm³/mol. The fraction of sp³-hybridized carbons (Fsp3) is 0.410. The van der Waals surface area contributed by atoms with E-state index in [1.807, 2.05) is 0 Å². The average Bonchev–Trinajstić information content (AvgIpc) is 3.22. The van der Waals surface area contributed by atoms with Gasteiger partial charge in [0.05, 0.1) is 40.1 Å². The van der Waals surface area contributed by atoms with E-state index in [0.29, 0.717) is 11.1 Å². The van der Waals surface area contributed by atoms with Crippen LogP contribution in [0.4, 0.5) is 0 Å². The maximum atomic E-state index is 13.2. The summed E-state index contributed by atoms with van der Waals surface area (Å²) < 4.78 is 50.5. The lowest BCUT2D eigenvalue weighted by Gasteiger charge is -2.44. The minimum Gasteiger partial charge on any atom is -0.508 e. The lowest BCUT2D eigenvalue weighted by molar-refractivity contribution is -0.328. The van der Waals surface area contributed by atoms with Crippen LogP contribution < -0.4 is 18.9 Å². The van der Waals surface area contributed by atoms with E-state index in [0.717, 1.165) is 12.1 Å². The van der Waals surface area contributed by atoms with Gasteiger partial charge in [0.1, 0.15) is 65.7 Å². The minimum atomic E-state index is -1.98. The number of aliphatic hydroxyl groups excluding tert-OH is 6. The van der Waals surface area contributed by atoms with E-state index in [9.17, 15) is 55.9 Å². The third kappa shape index (κ3) is 9.05. The van der Waals surface area contributed by atoms with Crippen molar-refractivity contribution >= 4 is 18.1 Å². The standard InChI is InChI=1S/C39H44O20/c1-51-23-10-17(5-6-20(23)42)36-26(13-19-21(43)11-18(41)12-22(19)55-36)56-39-35(50)33(48)37(28(58-39)15-54-38-34(49)32(47)31(46)27(14-40)57-38)59-29(44)7-4-16-8-24(52-2)30(45)25(9-16)53-3/h4-13,27-28,31-43,45-50H,14-15H2,1-3H3/b7-4+/t27-,28-,31+,32-,33-,34+,35-,36?,37+,38+,39+/m0/s1. The average molecular weight is 833 g/mol. The topological polar surface area (TPSA) is 302 Å². The van der Waals surface area contributed by atoms with Crippen LogP contribution in [-0.2, 0) is 28.5 Å². The van der Waals surface area contributed by atoms with Crippen molar-refractivity contribution in [1.29, 1.82) is 0 Å². The molecule has 10 N–H and O–H groups in total. The number of hydrogen-bond donors (Lipinski definition) is 10. The number of rotatable bonds is 13. The molecule has 0 spiro atoms. The Hall–Kier alpha value is -5.55. The van der Waals surface area contributed by atoms with Crippen LogP contribution in [0.15, 0.2) is 54.3 Å². The van der Waals surface area contributed by atoms with Gasteiger partial charge in [-0.3, -0.25) is 0 Å². The third-order valence-corrected chi connectivity index (χ3v) is 9.73. The van der Waals surface area contributed by atoms with E-state index in [2.05, 4.69) is 0 Å². The molecule has 0 saturated carbocycles. The summed E-state index contributed by atoms with van der Waals surface area (Å²) in [5, 5.41) is 105. The number of aromatic hydroxyl groups is 4. The van der Waals surface area contributed by atoms with Crippen LogP contribution in [0.1, 0.15) is 22.8 Å². The van der Waals surface area contributed by atoms with Gasteiger partial charge in [-0.25, -0.2) is 4.79 Å². The molecule has 3 heterocycles. The Bertz CT molecular complexity index is 2010. The van der Waals surface area contributed by atoms with Crippen LogP contribution in [0.3, 0.4) is 0 Å². The van der Waals surface area contributed by atoms with Gasteiger partial charge in [-0.1, -0.05) is 6.07 Å². The first-order chi connectivity index (χ1) is 28.2. The quantitative estimate of drug-likeness (QED) is 0.0795. The second-order valence-electron chi connectivity index (χ2n) is 13.5. The fourth-order valence-electron chi connectivity index (χ4n) is 6.59. The van der Waals surface area contributed by atoms with Crippen molar-refractivity contribution in [2.24, 2.45) is 0 Å². The lowest BCUT2D eigenvalue weighted by atomic mass is 9.97. The summed E-state index contributed by atoms with van der Waals surface area (Å²) in [4.78, 5) is 13.2. The summed E-state index contributed by atoms with van der Waals surface area (Å²) in [6.45, 7) is -1.46. The lowest BCUT2D eigenvalue weighted by Crippen LogP contribution is -2.62. The molecular weight excluding hydrogens is 788 g/mol. The van der Waals surface area contributed by atoms with Crippen LogP contribution in [0, 0.1) is 0 Å². The monoisotopic (exact) mass is 832 g/mol. The molecule has 0 aromatic heterocycles. The summed E-state index contributed by atoms with van der Waals surface area (Å²) in [5.74, 6) is -2.27. The zero-order chi connectivity index (χ0) is 42.7. The van der Waals surface area contributed by atoms with Crippen LogP contribution in [0.25, 0.3) is 12.2 Å². The molecule has 2 saturated heterocycles. The first-order valence-electron chi connectivity index (χ1n) is 17.9. The summed E-state index contributed by atoms with van der Waals surface area (Å²) in [5.41, 5.74) is 0.697. The Balaban J connectivity index is 1.30. The fourth-order valence-corrected chi connectivity index (χ4v) is 6.59. The summed E-state index contributed by atoms with van der Waals surface area (Å²) in [6.07, 6.45) is -15.1. The molecule has 0 bridgehead atoms. The van der Waals surface area contributed by atoms with E-state index in [1.165, 1.54) is 69.9 Å². The van der Waals surface area contributed by atoms with E-state index >= 15 is 0 Å². The number of carbonyl (C=O) groups is 1. The molecule has 20 heteroatoms. The van der Waals surface area contributed by atoms with Crippen molar-refractivity contribution in [3.63, 3.8) is 0 Å². The summed E-state index contributed by atoms with van der Waals surface area (Å²) >= 11 is 0. The molecular formula is C39H44O20. The van der Waals surface area contributed by atoms with Gasteiger partial charge in [0.25, 0.3) is 0 Å². The second kappa shape index (κ2) is 18.2. The summed E-state index contributed by atoms with van der Waals surface area (Å²) in [6, 6.07) is 9.27. The van der Waals surface area contributed by atoms with E-state index in [4.69, 9.17) is 42.6 Å². The SMILES string of the molecule is COc1cc(C2Oc3cc(O)cc(O)c3C=C2O[C@@H]2O[C@@H](CO[C@@H]3O[C@@H](CO)[C@@H](O)[C@H](O)[C@H]3O)[C@@H](OC(=O)/C=C/c3cc(OC)c(O)c(OC)c3)[C@@H](O)[C@@H]2O)ccc1O. The highest BCUT2D eigenvalue weighted by Gasteiger charge is 2.50. The molecule has 3 aliphatic heterocycles. The molecule has 59 heavy (non-hydrogen) atoms. The van der Waals surface area contributed by atoms with Gasteiger partial charge in [-0.15, -0.1) is 0 Å². The van der Waals surface area contributed by atoms with Crippen LogP contribution in [0.2, 0.25) is 0 Å². The molecule has 0 aliphatic carbocycles. The number of phenolic OH excluding ortho intramolecular Hbond substituents is 4. The maximum Gasteiger partial charge on any atom is 0.331 e. The van der Waals surface area contributed by atoms with Gasteiger partial charge in [-0.2, -0.15) is 0 Å². The van der Waals surface area contributed by atoms with Crippen LogP contribution >= 0.6 is 0 Å². The van der Waals surface area contributed by atoms with Crippen molar-refractivity contribution in [3.8, 4) is 46.0 Å². The number of benzene rings is 3. The molecule has 0 amide bonds. The minimum absolute atomic E-state index is 0.0204. The Kier molecular flexibility index (Phi) is 13.2. The number of methoxy groups -OCH3 is 3. The van der Waals surface area contributed by atoms with Crippen LogP contribution in [0.5, 0.6) is 46.0 Å². The number of ether oxygens (including phenoxy) is 9. The first-order valence-corrected chi connectivity index (χ1v) is 17.9. The molecule has 320 valence electrons. The predicted octanol–water partition coefficient (Wildman–Crippen LogP) is -0.0856. The van der Waals surface area contributed by atoms with Gasteiger partial charge in [-0.05, 0) is 42.0 Å². The molecule has 6 rings (SSSR count). The van der Waals surface area contributed by atoms with Gasteiger partial charge in [0.2, 0.25) is 12.0 Å². The number of phenols is 4.